The first-order valence-electron chi connectivity index (χ1n) is 12.2. The summed E-state index contributed by atoms with van der Waals surface area (Å²) >= 11 is 0. The van der Waals surface area contributed by atoms with E-state index in [1.165, 1.54) is 0 Å². The Morgan fingerprint density at radius 1 is 1.12 bits per heavy atom. The van der Waals surface area contributed by atoms with Crippen molar-refractivity contribution in [3.8, 4) is 0 Å². The number of carbonyl (C=O) groups excluding carboxylic acids is 3. The van der Waals surface area contributed by atoms with Crippen LogP contribution < -0.4 is 0 Å². The van der Waals surface area contributed by atoms with Crippen molar-refractivity contribution in [2.75, 3.05) is 0 Å². The summed E-state index contributed by atoms with van der Waals surface area (Å²) in [5.74, 6) is 0.494. The van der Waals surface area contributed by atoms with E-state index in [2.05, 4.69) is 19.1 Å². The Kier molecular flexibility index (Phi) is 7.11. The average molecular weight is 483 g/mol. The molecule has 1 heterocycles. The van der Waals surface area contributed by atoms with Crippen molar-refractivity contribution in [2.45, 2.75) is 88.9 Å². The van der Waals surface area contributed by atoms with Crippen LogP contribution in [0.15, 0.2) is 23.8 Å². The number of ketones is 2. The van der Waals surface area contributed by atoms with E-state index in [4.69, 9.17) is 4.74 Å². The van der Waals surface area contributed by atoms with Crippen molar-refractivity contribution < 1.29 is 29.3 Å². The molecule has 33 heavy (non-hydrogen) atoms. The maximum atomic E-state index is 13.4. The summed E-state index contributed by atoms with van der Waals surface area (Å²) in [6, 6.07) is 0. The fraction of sp³-hybridized carbons (Fsp3) is 0.731. The summed E-state index contributed by atoms with van der Waals surface area (Å²) in [5.41, 5.74) is -2.51. The minimum atomic E-state index is -1.61. The number of carbonyl (C=O) groups is 3. The van der Waals surface area contributed by atoms with Crippen LogP contribution in [-0.4, -0.2) is 96.4 Å². The molecular formula is C26H35KO6. The summed E-state index contributed by atoms with van der Waals surface area (Å²) < 4.78 is 5.80. The van der Waals surface area contributed by atoms with Gasteiger partial charge >= 0.3 is 57.4 Å². The number of allylic oxidation sites excluding steroid dienone is 4. The van der Waals surface area contributed by atoms with Crippen molar-refractivity contribution in [3.05, 3.63) is 23.8 Å². The molecule has 0 amide bonds. The first kappa shape index (κ1) is 25.9. The van der Waals surface area contributed by atoms with Crippen molar-refractivity contribution in [2.24, 2.45) is 29.1 Å². The van der Waals surface area contributed by atoms with Gasteiger partial charge in [0.05, 0.1) is 12.5 Å². The van der Waals surface area contributed by atoms with Gasteiger partial charge in [-0.2, -0.15) is 0 Å². The molecule has 1 aliphatic heterocycles. The summed E-state index contributed by atoms with van der Waals surface area (Å²) in [7, 11) is 0. The van der Waals surface area contributed by atoms with Crippen molar-refractivity contribution in [3.63, 3.8) is 0 Å². The molecule has 0 bridgehead atoms. The number of rotatable bonds is 2. The van der Waals surface area contributed by atoms with E-state index in [0.717, 1.165) is 31.3 Å². The third-order valence-corrected chi connectivity index (χ3v) is 9.75. The molecule has 5 aliphatic rings. The zero-order valence-electron chi connectivity index (χ0n) is 19.0. The second-order valence-corrected chi connectivity index (χ2v) is 11.0. The molecule has 8 atom stereocenters. The third-order valence-electron chi connectivity index (χ3n) is 9.75. The number of hydrogen-bond donors (Lipinski definition) is 2. The number of cyclic esters (lactones) is 1. The van der Waals surface area contributed by atoms with E-state index in [9.17, 15) is 24.6 Å². The Balaban J connectivity index is 0.00000259. The summed E-state index contributed by atoms with van der Waals surface area (Å²) in [5, 5.41) is 22.4. The average Bonchev–Trinajstić information content (AvgIpc) is 2.96. The number of Topliss-reactive ketones (excluding diaryl/α,β-unsaturated/α-hetero) is 1. The normalized spacial score (nSPS) is 46.8. The molecule has 1 saturated heterocycles. The van der Waals surface area contributed by atoms with Crippen LogP contribution in [0.3, 0.4) is 0 Å². The molecule has 0 aromatic carbocycles. The van der Waals surface area contributed by atoms with E-state index in [-0.39, 0.29) is 94.0 Å². The van der Waals surface area contributed by atoms with Gasteiger partial charge in [-0.15, -0.1) is 0 Å². The quantitative estimate of drug-likeness (QED) is 0.463. The second-order valence-electron chi connectivity index (χ2n) is 11.0. The molecule has 5 rings (SSSR count). The predicted molar refractivity (Wildman–Crippen MR) is 123 cm³/mol. The van der Waals surface area contributed by atoms with E-state index in [0.29, 0.717) is 24.7 Å². The number of fused-ring (bicyclic) bond motifs is 5. The van der Waals surface area contributed by atoms with Crippen LogP contribution in [0.2, 0.25) is 0 Å². The monoisotopic (exact) mass is 482 g/mol. The van der Waals surface area contributed by atoms with Crippen LogP contribution in [0.25, 0.3) is 0 Å². The van der Waals surface area contributed by atoms with Gasteiger partial charge in [0.2, 0.25) is 0 Å². The third kappa shape index (κ3) is 3.68. The number of ether oxygens (including phenoxy) is 1. The predicted octanol–water partition coefficient (Wildman–Crippen LogP) is 2.40. The van der Waals surface area contributed by atoms with E-state index in [1.54, 1.807) is 13.0 Å². The molecule has 7 heteroatoms. The molecule has 0 spiro atoms. The Hall–Kier alpha value is -0.154. The van der Waals surface area contributed by atoms with E-state index < -0.39 is 28.7 Å². The number of esters is 1. The van der Waals surface area contributed by atoms with Gasteiger partial charge in [0.25, 0.3) is 0 Å². The van der Waals surface area contributed by atoms with Gasteiger partial charge in [-0.05, 0) is 73.8 Å². The van der Waals surface area contributed by atoms with Gasteiger partial charge in [0, 0.05) is 18.3 Å². The first-order valence-corrected chi connectivity index (χ1v) is 12.2. The number of aliphatic hydroxyl groups excluding tert-OH is 1. The van der Waals surface area contributed by atoms with Gasteiger partial charge < -0.3 is 14.9 Å². The molecule has 0 aromatic heterocycles. The van der Waals surface area contributed by atoms with Gasteiger partial charge in [0.15, 0.2) is 17.2 Å². The number of hydrogen-bond acceptors (Lipinski definition) is 6. The Labute approximate surface area is 238 Å². The molecule has 2 N–H and O–H groups in total. The molecule has 0 aromatic rings. The van der Waals surface area contributed by atoms with Gasteiger partial charge in [-0.25, -0.2) is 0 Å². The topological polar surface area (TPSA) is 101 Å². The SMILES string of the molecule is CC[C@]1([C@]2(O)CCC3[C@H]4C=CC5=CC(=O)CCC5[C@@H]4CC[C@@]32C)OC(=O)CC(O)CC1=O.[KH]. The summed E-state index contributed by atoms with van der Waals surface area (Å²) in [6.07, 6.45) is 9.20. The molecule has 0 radical (unpaired) electrons. The van der Waals surface area contributed by atoms with E-state index >= 15 is 0 Å². The van der Waals surface area contributed by atoms with Crippen molar-refractivity contribution in [1.29, 1.82) is 0 Å². The second kappa shape index (κ2) is 9.06. The molecule has 3 unspecified atom stereocenters. The van der Waals surface area contributed by atoms with Crippen LogP contribution in [0.4, 0.5) is 0 Å². The Morgan fingerprint density at radius 3 is 2.61 bits per heavy atom. The Morgan fingerprint density at radius 2 is 1.88 bits per heavy atom. The van der Waals surface area contributed by atoms with Crippen molar-refractivity contribution >= 4 is 68.9 Å². The van der Waals surface area contributed by atoms with Crippen LogP contribution in [0.1, 0.15) is 71.6 Å². The molecular weight excluding hydrogens is 447 g/mol. The summed E-state index contributed by atoms with van der Waals surface area (Å²) in [6.45, 7) is 3.87. The fourth-order valence-electron chi connectivity index (χ4n) is 8.15. The van der Waals surface area contributed by atoms with Crippen LogP contribution in [0, 0.1) is 29.1 Å². The van der Waals surface area contributed by atoms with Gasteiger partial charge in [-0.3, -0.25) is 14.4 Å². The molecule has 176 valence electrons. The zero-order chi connectivity index (χ0) is 22.9. The van der Waals surface area contributed by atoms with Crippen LogP contribution >= 0.6 is 0 Å². The molecule has 3 fully saturated rings. The number of aliphatic hydroxyl groups is 2. The fourth-order valence-corrected chi connectivity index (χ4v) is 8.15. The minimum absolute atomic E-state index is 0. The van der Waals surface area contributed by atoms with Gasteiger partial charge in [0.1, 0.15) is 5.60 Å². The van der Waals surface area contributed by atoms with Crippen LogP contribution in [0.5, 0.6) is 0 Å². The maximum absolute atomic E-state index is 13.4. The van der Waals surface area contributed by atoms with Gasteiger partial charge in [-0.1, -0.05) is 26.0 Å². The standard InChI is InChI=1S/C26H34O6.K.H/c1-3-25(22(29)13-17(28)14-23(30)32-25)26(31)11-9-21-20-6-4-15-12-16(27)5-7-18(15)19(20)8-10-24(21,26)2;;/h4,6,12,17-21,28,31H,3,5,7-11,13-14H2,1-2H3;;/t17?,18?,19-,20-,21?,24-,25-,26-;;/m0../s1. The van der Waals surface area contributed by atoms with Crippen molar-refractivity contribution in [1.82, 2.24) is 0 Å². The Bertz CT molecular complexity index is 926. The summed E-state index contributed by atoms with van der Waals surface area (Å²) in [4.78, 5) is 37.8. The van der Waals surface area contributed by atoms with E-state index in [1.807, 2.05) is 0 Å². The molecule has 2 saturated carbocycles. The first-order chi connectivity index (χ1) is 15.1. The zero-order valence-corrected chi connectivity index (χ0v) is 19.0. The van der Waals surface area contributed by atoms with Crippen LogP contribution in [-0.2, 0) is 19.1 Å². The molecule has 6 nitrogen and oxygen atoms in total. The molecule has 4 aliphatic carbocycles.